The lowest BCUT2D eigenvalue weighted by molar-refractivity contribution is 0.813. The van der Waals surface area contributed by atoms with Crippen molar-refractivity contribution in [1.82, 2.24) is 14.8 Å². The highest BCUT2D eigenvalue weighted by Crippen LogP contribution is 2.27. The average Bonchev–Trinajstić information content (AvgIpc) is 2.70. The van der Waals surface area contributed by atoms with Crippen molar-refractivity contribution in [2.75, 3.05) is 0 Å². The molecule has 4 rings (SSSR count). The van der Waals surface area contributed by atoms with E-state index in [1.54, 1.807) is 12.3 Å². The van der Waals surface area contributed by atoms with E-state index in [-0.39, 0.29) is 5.56 Å². The van der Waals surface area contributed by atoms with Crippen LogP contribution < -0.4 is 5.56 Å². The molecule has 0 aliphatic carbocycles. The molecule has 0 aliphatic rings. The predicted octanol–water partition coefficient (Wildman–Crippen LogP) is 4.72. The van der Waals surface area contributed by atoms with Crippen molar-refractivity contribution in [3.63, 3.8) is 0 Å². The van der Waals surface area contributed by atoms with Gasteiger partial charge in [-0.3, -0.25) is 9.78 Å². The van der Waals surface area contributed by atoms with Crippen molar-refractivity contribution in [2.45, 2.75) is 0 Å². The molecule has 0 unspecified atom stereocenters. The summed E-state index contributed by atoms with van der Waals surface area (Å²) in [5.74, 6) is 0. The van der Waals surface area contributed by atoms with Gasteiger partial charge in [-0.2, -0.15) is 9.78 Å². The lowest BCUT2D eigenvalue weighted by Gasteiger charge is -2.11. The fourth-order valence-electron chi connectivity index (χ4n) is 2.75. The number of hydrogen-bond donors (Lipinski definition) is 0. The zero-order chi connectivity index (χ0) is 17.9. The maximum absolute atomic E-state index is 13.2. The van der Waals surface area contributed by atoms with Gasteiger partial charge in [0.05, 0.1) is 16.9 Å². The molecule has 0 fully saturated rings. The largest absolute Gasteiger partial charge is 0.279 e. The summed E-state index contributed by atoms with van der Waals surface area (Å²) in [5, 5.41) is 4.55. The zero-order valence-electron chi connectivity index (χ0n) is 13.7. The van der Waals surface area contributed by atoms with Crippen molar-refractivity contribution in [3.8, 4) is 28.2 Å². The third-order valence-electron chi connectivity index (χ3n) is 4.00. The summed E-state index contributed by atoms with van der Waals surface area (Å²) in [4.78, 5) is 17.5. The number of aromatic nitrogens is 3. The number of pyridine rings is 1. The van der Waals surface area contributed by atoms with Crippen molar-refractivity contribution in [2.24, 2.45) is 0 Å². The topological polar surface area (TPSA) is 47.8 Å². The molecule has 5 heteroatoms. The number of rotatable bonds is 3. The molecule has 0 spiro atoms. The molecule has 2 heterocycles. The molecule has 26 heavy (non-hydrogen) atoms. The van der Waals surface area contributed by atoms with E-state index in [0.29, 0.717) is 22.6 Å². The van der Waals surface area contributed by atoms with Gasteiger partial charge in [0.1, 0.15) is 5.69 Å². The maximum Gasteiger partial charge on any atom is 0.279 e. The normalized spacial score (nSPS) is 10.7. The van der Waals surface area contributed by atoms with Gasteiger partial charge in [0.25, 0.3) is 5.56 Å². The van der Waals surface area contributed by atoms with Crippen LogP contribution in [0.25, 0.3) is 28.2 Å². The van der Waals surface area contributed by atoms with Gasteiger partial charge in [-0.1, -0.05) is 58.4 Å². The monoisotopic (exact) mass is 403 g/mol. The first-order valence-corrected chi connectivity index (χ1v) is 8.89. The summed E-state index contributed by atoms with van der Waals surface area (Å²) in [6, 6.07) is 24.5. The molecule has 4 nitrogen and oxygen atoms in total. The minimum Gasteiger partial charge on any atom is -0.267 e. The molecule has 126 valence electrons. The van der Waals surface area contributed by atoms with Gasteiger partial charge in [0.15, 0.2) is 0 Å². The summed E-state index contributed by atoms with van der Waals surface area (Å²) in [5.41, 5.74) is 3.27. The second-order valence-electron chi connectivity index (χ2n) is 5.69. The molecule has 2 aromatic heterocycles. The molecule has 0 bridgehead atoms. The van der Waals surface area contributed by atoms with Crippen LogP contribution in [-0.2, 0) is 0 Å². The van der Waals surface area contributed by atoms with E-state index in [2.05, 4.69) is 26.0 Å². The quantitative estimate of drug-likeness (QED) is 0.496. The Bertz CT molecular complexity index is 1110. The fraction of sp³-hybridized carbons (Fsp3) is 0. The highest BCUT2D eigenvalue weighted by atomic mass is 79.9. The van der Waals surface area contributed by atoms with Gasteiger partial charge in [-0.25, -0.2) is 0 Å². The van der Waals surface area contributed by atoms with E-state index in [4.69, 9.17) is 0 Å². The van der Waals surface area contributed by atoms with Crippen LogP contribution in [0.15, 0.2) is 94.3 Å². The van der Waals surface area contributed by atoms with Gasteiger partial charge in [0.2, 0.25) is 0 Å². The van der Waals surface area contributed by atoms with Crippen molar-refractivity contribution >= 4 is 15.9 Å². The van der Waals surface area contributed by atoms with Crippen LogP contribution in [0, 0.1) is 0 Å². The number of nitrogens with zero attached hydrogens (tertiary/aromatic N) is 3. The Balaban J connectivity index is 2.03. The Hall–Kier alpha value is -3.05. The van der Waals surface area contributed by atoms with E-state index in [1.807, 2.05) is 72.8 Å². The van der Waals surface area contributed by atoms with Crippen LogP contribution in [0.3, 0.4) is 0 Å². The van der Waals surface area contributed by atoms with Crippen LogP contribution in [0.5, 0.6) is 0 Å². The van der Waals surface area contributed by atoms with Crippen molar-refractivity contribution in [1.29, 1.82) is 0 Å². The average molecular weight is 404 g/mol. The molecule has 0 N–H and O–H groups in total. The second-order valence-corrected chi connectivity index (χ2v) is 6.54. The molecule has 2 aromatic carbocycles. The predicted molar refractivity (Wildman–Crippen MR) is 106 cm³/mol. The fourth-order valence-corrected chi connectivity index (χ4v) is 3.25. The first-order chi connectivity index (χ1) is 12.7. The molecule has 0 saturated carbocycles. The SMILES string of the molecule is O=c1c(-c2ccccc2Br)cc(-c2ccccn2)nn1-c1ccccc1. The Labute approximate surface area is 158 Å². The summed E-state index contributed by atoms with van der Waals surface area (Å²) in [6.07, 6.45) is 1.72. The molecule has 4 aromatic rings. The van der Waals surface area contributed by atoms with Crippen LogP contribution >= 0.6 is 15.9 Å². The van der Waals surface area contributed by atoms with E-state index >= 15 is 0 Å². The van der Waals surface area contributed by atoms with Crippen molar-refractivity contribution in [3.05, 3.63) is 99.9 Å². The zero-order valence-corrected chi connectivity index (χ0v) is 15.3. The summed E-state index contributed by atoms with van der Waals surface area (Å²) >= 11 is 3.54. The van der Waals surface area contributed by atoms with Gasteiger partial charge in [-0.15, -0.1) is 0 Å². The third-order valence-corrected chi connectivity index (χ3v) is 4.70. The minimum absolute atomic E-state index is 0.178. The van der Waals surface area contributed by atoms with Crippen LogP contribution in [0.4, 0.5) is 0 Å². The Morgan fingerprint density at radius 2 is 1.50 bits per heavy atom. The highest BCUT2D eigenvalue weighted by Gasteiger charge is 2.15. The van der Waals surface area contributed by atoms with Crippen LogP contribution in [-0.4, -0.2) is 14.8 Å². The number of para-hydroxylation sites is 1. The second kappa shape index (κ2) is 7.06. The lowest BCUT2D eigenvalue weighted by Crippen LogP contribution is -2.23. The minimum atomic E-state index is -0.178. The van der Waals surface area contributed by atoms with Crippen LogP contribution in [0.1, 0.15) is 0 Å². The van der Waals surface area contributed by atoms with E-state index < -0.39 is 0 Å². The number of benzene rings is 2. The van der Waals surface area contributed by atoms with E-state index in [9.17, 15) is 4.79 Å². The molecule has 0 amide bonds. The highest BCUT2D eigenvalue weighted by molar-refractivity contribution is 9.10. The van der Waals surface area contributed by atoms with Crippen molar-refractivity contribution < 1.29 is 0 Å². The summed E-state index contributed by atoms with van der Waals surface area (Å²) in [6.45, 7) is 0. The molecule has 0 radical (unpaired) electrons. The van der Waals surface area contributed by atoms with Gasteiger partial charge in [0, 0.05) is 16.2 Å². The summed E-state index contributed by atoms with van der Waals surface area (Å²) < 4.78 is 2.29. The van der Waals surface area contributed by atoms with Gasteiger partial charge in [-0.05, 0) is 36.4 Å². The molecular formula is C21H14BrN3O. The maximum atomic E-state index is 13.2. The van der Waals surface area contributed by atoms with Gasteiger partial charge < -0.3 is 0 Å². The first-order valence-electron chi connectivity index (χ1n) is 8.10. The molecule has 0 saturated heterocycles. The third kappa shape index (κ3) is 3.09. The Morgan fingerprint density at radius 3 is 2.23 bits per heavy atom. The Kier molecular flexibility index (Phi) is 4.46. The standard InChI is InChI=1S/C21H14BrN3O/c22-18-11-5-4-10-16(18)17-14-20(19-12-6-7-13-23-19)24-25(21(17)26)15-8-2-1-3-9-15/h1-14H. The van der Waals surface area contributed by atoms with E-state index in [0.717, 1.165) is 10.0 Å². The van der Waals surface area contributed by atoms with Gasteiger partial charge >= 0.3 is 0 Å². The van der Waals surface area contributed by atoms with E-state index in [1.165, 1.54) is 4.68 Å². The first kappa shape index (κ1) is 16.4. The molecular weight excluding hydrogens is 390 g/mol. The number of halogens is 1. The number of hydrogen-bond acceptors (Lipinski definition) is 3. The molecule has 0 aliphatic heterocycles. The molecule has 0 atom stereocenters. The summed E-state index contributed by atoms with van der Waals surface area (Å²) in [7, 11) is 0. The smallest absolute Gasteiger partial charge is 0.267 e. The lowest BCUT2D eigenvalue weighted by atomic mass is 10.1. The van der Waals surface area contributed by atoms with Crippen LogP contribution in [0.2, 0.25) is 0 Å². The Morgan fingerprint density at radius 1 is 0.769 bits per heavy atom.